The van der Waals surface area contributed by atoms with E-state index in [1.54, 1.807) is 18.2 Å². The second kappa shape index (κ2) is 5.05. The van der Waals surface area contributed by atoms with Gasteiger partial charge in [0.05, 0.1) is 12.2 Å². The van der Waals surface area contributed by atoms with Gasteiger partial charge in [0, 0.05) is 0 Å². The van der Waals surface area contributed by atoms with Crippen molar-refractivity contribution < 1.29 is 18.3 Å². The first-order valence-electron chi connectivity index (χ1n) is 5.80. The minimum absolute atomic E-state index is 0.133. The topological polar surface area (TPSA) is 20.2 Å². The molecule has 0 aliphatic carbocycles. The lowest BCUT2D eigenvalue weighted by atomic mass is 9.96. The number of halogens is 3. The van der Waals surface area contributed by atoms with E-state index in [0.29, 0.717) is 5.56 Å². The lowest BCUT2D eigenvalue weighted by molar-refractivity contribution is -0.137. The summed E-state index contributed by atoms with van der Waals surface area (Å²) in [6.45, 7) is 1.43. The molecule has 0 amide bonds. The summed E-state index contributed by atoms with van der Waals surface area (Å²) in [5, 5.41) is 8.97. The first-order chi connectivity index (χ1) is 8.91. The van der Waals surface area contributed by atoms with Crippen LogP contribution in [0, 0.1) is 6.92 Å². The van der Waals surface area contributed by atoms with Crippen LogP contribution in [0.15, 0.2) is 42.5 Å². The number of alkyl halides is 3. The van der Waals surface area contributed by atoms with Crippen LogP contribution in [0.1, 0.15) is 16.7 Å². The van der Waals surface area contributed by atoms with Gasteiger partial charge >= 0.3 is 6.18 Å². The molecule has 0 aliphatic heterocycles. The molecule has 0 aliphatic rings. The zero-order valence-electron chi connectivity index (χ0n) is 10.3. The van der Waals surface area contributed by atoms with Gasteiger partial charge < -0.3 is 5.11 Å². The fourth-order valence-corrected chi connectivity index (χ4v) is 1.99. The average Bonchev–Trinajstić information content (AvgIpc) is 2.37. The van der Waals surface area contributed by atoms with Crippen molar-refractivity contribution in [3.8, 4) is 11.1 Å². The molecule has 100 valence electrons. The molecule has 2 aromatic rings. The van der Waals surface area contributed by atoms with Crippen molar-refractivity contribution in [2.75, 3.05) is 0 Å². The molecular formula is C15H13F3O. The van der Waals surface area contributed by atoms with Crippen LogP contribution in [0.3, 0.4) is 0 Å². The average molecular weight is 266 g/mol. The number of hydrogen-bond donors (Lipinski definition) is 1. The van der Waals surface area contributed by atoms with Crippen molar-refractivity contribution in [3.63, 3.8) is 0 Å². The molecule has 1 N–H and O–H groups in total. The van der Waals surface area contributed by atoms with Crippen molar-refractivity contribution >= 4 is 0 Å². The van der Waals surface area contributed by atoms with Gasteiger partial charge in [0.2, 0.25) is 0 Å². The Balaban J connectivity index is 2.63. The number of hydrogen-bond acceptors (Lipinski definition) is 1. The largest absolute Gasteiger partial charge is 0.417 e. The van der Waals surface area contributed by atoms with E-state index in [4.69, 9.17) is 5.11 Å². The Labute approximate surface area is 109 Å². The van der Waals surface area contributed by atoms with E-state index >= 15 is 0 Å². The summed E-state index contributed by atoms with van der Waals surface area (Å²) in [6.07, 6.45) is -4.44. The molecule has 0 spiro atoms. The van der Waals surface area contributed by atoms with Crippen LogP contribution in [0.4, 0.5) is 13.2 Å². The summed E-state index contributed by atoms with van der Waals surface area (Å²) in [5.74, 6) is 0. The Morgan fingerprint density at radius 2 is 1.79 bits per heavy atom. The van der Waals surface area contributed by atoms with E-state index in [-0.39, 0.29) is 11.1 Å². The number of aliphatic hydroxyl groups excluding tert-OH is 1. The Bertz CT molecular complexity index is 588. The number of aliphatic hydroxyl groups is 1. The summed E-state index contributed by atoms with van der Waals surface area (Å²) in [6, 6.07) is 10.8. The molecule has 0 saturated carbocycles. The molecule has 1 nitrogen and oxygen atoms in total. The van der Waals surface area contributed by atoms with Crippen molar-refractivity contribution in [1.82, 2.24) is 0 Å². The van der Waals surface area contributed by atoms with Gasteiger partial charge in [-0.1, -0.05) is 42.0 Å². The quantitative estimate of drug-likeness (QED) is 0.864. The van der Waals surface area contributed by atoms with E-state index in [1.165, 1.54) is 12.1 Å². The molecule has 0 saturated heterocycles. The third-order valence-electron chi connectivity index (χ3n) is 2.90. The Morgan fingerprint density at radius 3 is 2.37 bits per heavy atom. The lowest BCUT2D eigenvalue weighted by Crippen LogP contribution is -2.08. The van der Waals surface area contributed by atoms with Crippen LogP contribution in [0.2, 0.25) is 0 Å². The normalized spacial score (nSPS) is 11.6. The Morgan fingerprint density at radius 1 is 1.05 bits per heavy atom. The molecule has 0 bridgehead atoms. The van der Waals surface area contributed by atoms with Gasteiger partial charge in [-0.2, -0.15) is 13.2 Å². The molecule has 0 atom stereocenters. The maximum absolute atomic E-state index is 13.1. The zero-order chi connectivity index (χ0) is 14.0. The van der Waals surface area contributed by atoms with E-state index in [9.17, 15) is 13.2 Å². The highest BCUT2D eigenvalue weighted by molar-refractivity contribution is 5.69. The highest BCUT2D eigenvalue weighted by Gasteiger charge is 2.33. The first-order valence-corrected chi connectivity index (χ1v) is 5.80. The standard InChI is InChI=1S/C15H13F3O/c1-10-3-2-4-12(7-10)13-6-5-11(9-19)8-14(13)15(16,17)18/h2-8,19H,9H2,1H3. The van der Waals surface area contributed by atoms with E-state index in [1.807, 2.05) is 13.0 Å². The number of benzene rings is 2. The van der Waals surface area contributed by atoms with E-state index < -0.39 is 18.3 Å². The zero-order valence-corrected chi connectivity index (χ0v) is 10.3. The predicted molar refractivity (Wildman–Crippen MR) is 67.5 cm³/mol. The Kier molecular flexibility index (Phi) is 3.62. The SMILES string of the molecule is Cc1cccc(-c2ccc(CO)cc2C(F)(F)F)c1. The van der Waals surface area contributed by atoms with Gasteiger partial charge in [0.15, 0.2) is 0 Å². The summed E-state index contributed by atoms with van der Waals surface area (Å²) in [5.41, 5.74) is 1.09. The summed E-state index contributed by atoms with van der Waals surface area (Å²) >= 11 is 0. The van der Waals surface area contributed by atoms with Crippen LogP contribution in [0.5, 0.6) is 0 Å². The molecule has 2 aromatic carbocycles. The third kappa shape index (κ3) is 2.96. The molecule has 0 unspecified atom stereocenters. The summed E-state index contributed by atoms with van der Waals surface area (Å²) < 4.78 is 39.2. The monoisotopic (exact) mass is 266 g/mol. The van der Waals surface area contributed by atoms with Crippen LogP contribution in [0.25, 0.3) is 11.1 Å². The number of aryl methyl sites for hydroxylation is 1. The maximum Gasteiger partial charge on any atom is 0.417 e. The molecule has 19 heavy (non-hydrogen) atoms. The summed E-state index contributed by atoms with van der Waals surface area (Å²) in [7, 11) is 0. The first kappa shape index (κ1) is 13.6. The number of rotatable bonds is 2. The van der Waals surface area contributed by atoms with Crippen molar-refractivity contribution in [2.45, 2.75) is 19.7 Å². The van der Waals surface area contributed by atoms with E-state index in [0.717, 1.165) is 11.6 Å². The predicted octanol–water partition coefficient (Wildman–Crippen LogP) is 4.17. The highest BCUT2D eigenvalue weighted by Crippen LogP contribution is 2.37. The molecule has 0 fully saturated rings. The third-order valence-corrected chi connectivity index (χ3v) is 2.90. The van der Waals surface area contributed by atoms with Gasteiger partial charge in [-0.15, -0.1) is 0 Å². The van der Waals surface area contributed by atoms with Gasteiger partial charge in [0.1, 0.15) is 0 Å². The van der Waals surface area contributed by atoms with E-state index in [2.05, 4.69) is 0 Å². The molecular weight excluding hydrogens is 253 g/mol. The molecule has 0 heterocycles. The van der Waals surface area contributed by atoms with Crippen LogP contribution < -0.4 is 0 Å². The van der Waals surface area contributed by atoms with Gasteiger partial charge in [0.25, 0.3) is 0 Å². The minimum atomic E-state index is -4.44. The highest BCUT2D eigenvalue weighted by atomic mass is 19.4. The maximum atomic E-state index is 13.1. The second-order valence-corrected chi connectivity index (χ2v) is 4.41. The van der Waals surface area contributed by atoms with Gasteiger partial charge in [-0.05, 0) is 29.7 Å². The molecule has 4 heteroatoms. The van der Waals surface area contributed by atoms with Crippen LogP contribution in [-0.2, 0) is 12.8 Å². The lowest BCUT2D eigenvalue weighted by Gasteiger charge is -2.14. The van der Waals surface area contributed by atoms with Crippen LogP contribution in [-0.4, -0.2) is 5.11 Å². The minimum Gasteiger partial charge on any atom is -0.392 e. The molecule has 0 aromatic heterocycles. The van der Waals surface area contributed by atoms with Crippen molar-refractivity contribution in [2.24, 2.45) is 0 Å². The summed E-state index contributed by atoms with van der Waals surface area (Å²) in [4.78, 5) is 0. The fraction of sp³-hybridized carbons (Fsp3) is 0.200. The Hall–Kier alpha value is -1.81. The van der Waals surface area contributed by atoms with Gasteiger partial charge in [-0.25, -0.2) is 0 Å². The van der Waals surface area contributed by atoms with Crippen molar-refractivity contribution in [1.29, 1.82) is 0 Å². The fourth-order valence-electron chi connectivity index (χ4n) is 1.99. The molecule has 0 radical (unpaired) electrons. The van der Waals surface area contributed by atoms with Crippen LogP contribution >= 0.6 is 0 Å². The molecule has 2 rings (SSSR count). The van der Waals surface area contributed by atoms with Crippen molar-refractivity contribution in [3.05, 3.63) is 59.2 Å². The second-order valence-electron chi connectivity index (χ2n) is 4.41. The smallest absolute Gasteiger partial charge is 0.392 e. The van der Waals surface area contributed by atoms with Gasteiger partial charge in [-0.3, -0.25) is 0 Å².